The molecule has 1 aromatic rings. The van der Waals surface area contributed by atoms with E-state index in [9.17, 15) is 8.42 Å². The molecule has 1 aliphatic heterocycles. The summed E-state index contributed by atoms with van der Waals surface area (Å²) < 4.78 is 27.1. The monoisotopic (exact) mass is 332 g/mol. The van der Waals surface area contributed by atoms with Gasteiger partial charge in [0.15, 0.2) is 0 Å². The molecular weight excluding hydrogens is 316 g/mol. The van der Waals surface area contributed by atoms with Crippen LogP contribution < -0.4 is 5.73 Å². The summed E-state index contributed by atoms with van der Waals surface area (Å²) in [5.41, 5.74) is 6.13. The molecule has 18 heavy (non-hydrogen) atoms. The van der Waals surface area contributed by atoms with Crippen LogP contribution in [0.1, 0.15) is 19.8 Å². The van der Waals surface area contributed by atoms with Crippen molar-refractivity contribution in [1.82, 2.24) is 4.31 Å². The second-order valence-corrected chi connectivity index (χ2v) is 7.38. The maximum atomic E-state index is 12.5. The van der Waals surface area contributed by atoms with Gasteiger partial charge in [-0.05, 0) is 46.5 Å². The van der Waals surface area contributed by atoms with Crippen molar-refractivity contribution in [3.8, 4) is 0 Å². The largest absolute Gasteiger partial charge is 0.399 e. The number of halogens is 1. The minimum atomic E-state index is -3.43. The Kier molecular flexibility index (Phi) is 3.99. The first-order valence-corrected chi connectivity index (χ1v) is 8.23. The van der Waals surface area contributed by atoms with E-state index in [0.29, 0.717) is 29.2 Å². The number of anilines is 1. The Morgan fingerprint density at radius 1 is 1.50 bits per heavy atom. The number of hydrogen-bond acceptors (Lipinski definition) is 3. The third kappa shape index (κ3) is 2.55. The van der Waals surface area contributed by atoms with Crippen molar-refractivity contribution in [3.63, 3.8) is 0 Å². The van der Waals surface area contributed by atoms with Crippen molar-refractivity contribution < 1.29 is 8.42 Å². The number of hydrogen-bond donors (Lipinski definition) is 1. The molecule has 0 saturated carbocycles. The van der Waals surface area contributed by atoms with Crippen LogP contribution in [-0.4, -0.2) is 25.8 Å². The number of nitrogens with two attached hydrogens (primary N) is 1. The van der Waals surface area contributed by atoms with Gasteiger partial charge in [0.05, 0.1) is 4.90 Å². The van der Waals surface area contributed by atoms with Gasteiger partial charge in [0, 0.05) is 23.2 Å². The van der Waals surface area contributed by atoms with E-state index >= 15 is 0 Å². The van der Waals surface area contributed by atoms with E-state index in [1.54, 1.807) is 16.4 Å². The normalized spacial score (nSPS) is 21.3. The van der Waals surface area contributed by atoms with Crippen LogP contribution in [0, 0.1) is 5.92 Å². The second-order valence-electron chi connectivity index (χ2n) is 4.62. The SMILES string of the molecule is CCC1CCN(S(=O)(=O)c2cc(N)ccc2Br)C1. The molecule has 1 heterocycles. The Morgan fingerprint density at radius 3 is 2.83 bits per heavy atom. The lowest BCUT2D eigenvalue weighted by atomic mass is 10.1. The topological polar surface area (TPSA) is 63.4 Å². The highest BCUT2D eigenvalue weighted by Crippen LogP contribution is 2.31. The summed E-state index contributed by atoms with van der Waals surface area (Å²) in [4.78, 5) is 0.263. The van der Waals surface area contributed by atoms with Crippen molar-refractivity contribution in [2.45, 2.75) is 24.7 Å². The molecule has 0 aromatic heterocycles. The van der Waals surface area contributed by atoms with E-state index in [1.165, 1.54) is 6.07 Å². The number of nitrogens with zero attached hydrogens (tertiary/aromatic N) is 1. The molecule has 1 unspecified atom stereocenters. The van der Waals surface area contributed by atoms with Crippen LogP contribution in [-0.2, 0) is 10.0 Å². The van der Waals surface area contributed by atoms with Crippen molar-refractivity contribution in [1.29, 1.82) is 0 Å². The molecule has 1 aromatic carbocycles. The highest BCUT2D eigenvalue weighted by molar-refractivity contribution is 9.10. The lowest BCUT2D eigenvalue weighted by molar-refractivity contribution is 0.452. The molecule has 2 rings (SSSR count). The molecule has 4 nitrogen and oxygen atoms in total. The molecule has 1 fully saturated rings. The fraction of sp³-hybridized carbons (Fsp3) is 0.500. The Labute approximate surface area is 116 Å². The summed E-state index contributed by atoms with van der Waals surface area (Å²) in [6, 6.07) is 4.87. The molecule has 1 atom stereocenters. The highest BCUT2D eigenvalue weighted by atomic mass is 79.9. The van der Waals surface area contributed by atoms with Crippen LogP contribution in [0.4, 0.5) is 5.69 Å². The van der Waals surface area contributed by atoms with Gasteiger partial charge in [0.1, 0.15) is 0 Å². The average molecular weight is 333 g/mol. The molecule has 0 aliphatic carbocycles. The zero-order chi connectivity index (χ0) is 13.3. The Hall–Kier alpha value is -0.590. The minimum absolute atomic E-state index is 0.263. The predicted octanol–water partition coefficient (Wildman–Crippen LogP) is 2.45. The molecule has 0 spiro atoms. The Bertz CT molecular complexity index is 545. The van der Waals surface area contributed by atoms with Crippen LogP contribution in [0.3, 0.4) is 0 Å². The first-order valence-electron chi connectivity index (χ1n) is 6.00. The molecule has 100 valence electrons. The van der Waals surface area contributed by atoms with Crippen LogP contribution in [0.25, 0.3) is 0 Å². The number of benzene rings is 1. The van der Waals surface area contributed by atoms with Crippen molar-refractivity contribution in [2.75, 3.05) is 18.8 Å². The van der Waals surface area contributed by atoms with Crippen molar-refractivity contribution >= 4 is 31.6 Å². The van der Waals surface area contributed by atoms with Gasteiger partial charge in [0.25, 0.3) is 0 Å². The smallest absolute Gasteiger partial charge is 0.244 e. The van der Waals surface area contributed by atoms with Gasteiger partial charge in [-0.25, -0.2) is 8.42 Å². The lowest BCUT2D eigenvalue weighted by Gasteiger charge is -2.17. The standard InChI is InChI=1S/C12H17BrN2O2S/c1-2-9-5-6-15(8-9)18(16,17)12-7-10(14)3-4-11(12)13/h3-4,7,9H,2,5-6,8,14H2,1H3. The number of rotatable bonds is 3. The number of nitrogen functional groups attached to an aromatic ring is 1. The van der Waals surface area contributed by atoms with Gasteiger partial charge in [-0.3, -0.25) is 0 Å². The van der Waals surface area contributed by atoms with Crippen LogP contribution in [0.15, 0.2) is 27.6 Å². The van der Waals surface area contributed by atoms with Gasteiger partial charge in [-0.1, -0.05) is 13.3 Å². The first-order chi connectivity index (χ1) is 8.45. The van der Waals surface area contributed by atoms with E-state index in [2.05, 4.69) is 22.9 Å². The second kappa shape index (κ2) is 5.19. The van der Waals surface area contributed by atoms with Gasteiger partial charge in [-0.2, -0.15) is 4.31 Å². The van der Waals surface area contributed by atoms with E-state index in [4.69, 9.17) is 5.73 Å². The summed E-state index contributed by atoms with van der Waals surface area (Å²) in [6.07, 6.45) is 1.96. The molecule has 0 radical (unpaired) electrons. The number of sulfonamides is 1. The molecule has 0 amide bonds. The third-order valence-corrected chi connectivity index (χ3v) is 6.26. The van der Waals surface area contributed by atoms with Crippen molar-refractivity contribution in [2.24, 2.45) is 5.92 Å². The molecule has 0 bridgehead atoms. The average Bonchev–Trinajstić information content (AvgIpc) is 2.81. The van der Waals surface area contributed by atoms with E-state index in [1.807, 2.05) is 0 Å². The highest BCUT2D eigenvalue weighted by Gasteiger charge is 2.32. The van der Waals surface area contributed by atoms with Gasteiger partial charge in [0.2, 0.25) is 10.0 Å². The lowest BCUT2D eigenvalue weighted by Crippen LogP contribution is -2.29. The van der Waals surface area contributed by atoms with Crippen LogP contribution >= 0.6 is 15.9 Å². The van der Waals surface area contributed by atoms with Crippen LogP contribution in [0.2, 0.25) is 0 Å². The molecular formula is C12H17BrN2O2S. The third-order valence-electron chi connectivity index (χ3n) is 3.40. The summed E-state index contributed by atoms with van der Waals surface area (Å²) in [7, 11) is -3.43. The van der Waals surface area contributed by atoms with Gasteiger partial charge in [-0.15, -0.1) is 0 Å². The summed E-state index contributed by atoms with van der Waals surface area (Å²) in [5, 5.41) is 0. The fourth-order valence-electron chi connectivity index (χ4n) is 2.21. The molecule has 1 saturated heterocycles. The maximum Gasteiger partial charge on any atom is 0.244 e. The fourth-order valence-corrected chi connectivity index (χ4v) is 4.70. The quantitative estimate of drug-likeness (QED) is 0.864. The zero-order valence-corrected chi connectivity index (χ0v) is 12.7. The molecule has 6 heteroatoms. The van der Waals surface area contributed by atoms with Crippen molar-refractivity contribution in [3.05, 3.63) is 22.7 Å². The van der Waals surface area contributed by atoms with Gasteiger partial charge < -0.3 is 5.73 Å². The summed E-state index contributed by atoms with van der Waals surface area (Å²) >= 11 is 3.28. The minimum Gasteiger partial charge on any atom is -0.399 e. The van der Waals surface area contributed by atoms with E-state index in [0.717, 1.165) is 12.8 Å². The Balaban J connectivity index is 2.34. The van der Waals surface area contributed by atoms with E-state index < -0.39 is 10.0 Å². The van der Waals surface area contributed by atoms with Gasteiger partial charge >= 0.3 is 0 Å². The zero-order valence-electron chi connectivity index (χ0n) is 10.3. The molecule has 2 N–H and O–H groups in total. The summed E-state index contributed by atoms with van der Waals surface area (Å²) in [6.45, 7) is 3.30. The summed E-state index contributed by atoms with van der Waals surface area (Å²) in [5.74, 6) is 0.472. The predicted molar refractivity (Wildman–Crippen MR) is 75.7 cm³/mol. The van der Waals surface area contributed by atoms with E-state index in [-0.39, 0.29) is 4.90 Å². The first kappa shape index (κ1) is 13.8. The van der Waals surface area contributed by atoms with Crippen LogP contribution in [0.5, 0.6) is 0 Å². The Morgan fingerprint density at radius 2 is 2.22 bits per heavy atom. The maximum absolute atomic E-state index is 12.5. The molecule has 1 aliphatic rings.